The average molecular weight is 234 g/mol. The minimum atomic E-state index is -2.48. The third-order valence-corrected chi connectivity index (χ3v) is 3.41. The van der Waals surface area contributed by atoms with Crippen molar-refractivity contribution in [2.24, 2.45) is 11.1 Å². The Kier molecular flexibility index (Phi) is 4.65. The van der Waals surface area contributed by atoms with Gasteiger partial charge in [-0.15, -0.1) is 0 Å². The second-order valence-electron chi connectivity index (χ2n) is 4.62. The van der Waals surface area contributed by atoms with E-state index in [0.29, 0.717) is 0 Å². The van der Waals surface area contributed by atoms with Gasteiger partial charge in [-0.3, -0.25) is 4.79 Å². The Balaban J connectivity index is 2.67. The highest BCUT2D eigenvalue weighted by Crippen LogP contribution is 2.36. The maximum atomic E-state index is 12.2. The predicted molar refractivity (Wildman–Crippen MR) is 58.2 cm³/mol. The van der Waals surface area contributed by atoms with E-state index >= 15 is 0 Å². The summed E-state index contributed by atoms with van der Waals surface area (Å²) in [6, 6.07) is 0. The molecule has 0 aromatic heterocycles. The smallest absolute Gasteiger partial charge is 0.255 e. The Hall–Kier alpha value is -0.710. The van der Waals surface area contributed by atoms with Gasteiger partial charge in [0.25, 0.3) is 6.43 Å². The molecule has 0 aromatic rings. The molecule has 5 heteroatoms. The van der Waals surface area contributed by atoms with Crippen LogP contribution in [0.25, 0.3) is 0 Å². The van der Waals surface area contributed by atoms with E-state index in [1.54, 1.807) is 0 Å². The normalized spacial score (nSPS) is 19.8. The first kappa shape index (κ1) is 13.4. The first-order valence-electron chi connectivity index (χ1n) is 5.75. The lowest BCUT2D eigenvalue weighted by Gasteiger charge is -2.37. The Labute approximate surface area is 95.0 Å². The quantitative estimate of drug-likeness (QED) is 0.803. The van der Waals surface area contributed by atoms with Crippen molar-refractivity contribution in [3.8, 4) is 0 Å². The summed E-state index contributed by atoms with van der Waals surface area (Å²) in [6.45, 7) is -0.236. The zero-order valence-corrected chi connectivity index (χ0v) is 9.72. The summed E-state index contributed by atoms with van der Waals surface area (Å²) >= 11 is 0. The van der Waals surface area contributed by atoms with E-state index in [-0.39, 0.29) is 12.5 Å². The number of carbonyl (C=O) groups is 1. The minimum absolute atomic E-state index is 0.213. The molecule has 1 rings (SSSR count). The zero-order valence-electron chi connectivity index (χ0n) is 9.72. The van der Waals surface area contributed by atoms with Crippen LogP contribution in [0.2, 0.25) is 0 Å². The molecule has 0 aromatic carbocycles. The summed E-state index contributed by atoms with van der Waals surface area (Å²) in [4.78, 5) is 13.2. The molecule has 1 aliphatic carbocycles. The SMILES string of the molecule is CN(CC(F)F)C(=O)C1(CN)CCCCC1. The van der Waals surface area contributed by atoms with E-state index in [1.165, 1.54) is 7.05 Å². The molecule has 0 atom stereocenters. The minimum Gasteiger partial charge on any atom is -0.340 e. The highest BCUT2D eigenvalue weighted by Gasteiger charge is 2.40. The maximum Gasteiger partial charge on any atom is 0.255 e. The summed E-state index contributed by atoms with van der Waals surface area (Å²) in [5.41, 5.74) is 5.09. The largest absolute Gasteiger partial charge is 0.340 e. The first-order valence-corrected chi connectivity index (χ1v) is 5.75. The van der Waals surface area contributed by atoms with Crippen molar-refractivity contribution < 1.29 is 13.6 Å². The molecular formula is C11H20F2N2O. The van der Waals surface area contributed by atoms with Crippen LogP contribution >= 0.6 is 0 Å². The molecule has 1 aliphatic rings. The van der Waals surface area contributed by atoms with Crippen LogP contribution in [0.1, 0.15) is 32.1 Å². The van der Waals surface area contributed by atoms with Gasteiger partial charge in [-0.05, 0) is 12.8 Å². The van der Waals surface area contributed by atoms with Crippen molar-refractivity contribution in [2.75, 3.05) is 20.1 Å². The van der Waals surface area contributed by atoms with Gasteiger partial charge in [0.15, 0.2) is 0 Å². The van der Waals surface area contributed by atoms with Crippen molar-refractivity contribution >= 4 is 5.91 Å². The second kappa shape index (κ2) is 5.57. The molecule has 0 unspecified atom stereocenters. The topological polar surface area (TPSA) is 46.3 Å². The van der Waals surface area contributed by atoms with E-state index in [9.17, 15) is 13.6 Å². The van der Waals surface area contributed by atoms with E-state index in [0.717, 1.165) is 37.0 Å². The molecule has 1 amide bonds. The van der Waals surface area contributed by atoms with E-state index in [1.807, 2.05) is 0 Å². The average Bonchev–Trinajstić information content (AvgIpc) is 2.28. The summed E-state index contributed by atoms with van der Waals surface area (Å²) in [6.07, 6.45) is 2.02. The Morgan fingerprint density at radius 3 is 2.38 bits per heavy atom. The van der Waals surface area contributed by atoms with Gasteiger partial charge in [-0.1, -0.05) is 19.3 Å². The van der Waals surface area contributed by atoms with Crippen LogP contribution in [0, 0.1) is 5.41 Å². The van der Waals surface area contributed by atoms with Gasteiger partial charge in [0.2, 0.25) is 5.91 Å². The van der Waals surface area contributed by atoms with Crippen LogP contribution < -0.4 is 5.73 Å². The number of rotatable bonds is 4. The van der Waals surface area contributed by atoms with Crippen LogP contribution in [-0.2, 0) is 4.79 Å². The molecule has 94 valence electrons. The standard InChI is InChI=1S/C11H20F2N2O/c1-15(7-9(12)13)10(16)11(8-14)5-3-2-4-6-11/h9H,2-8,14H2,1H3. The molecular weight excluding hydrogens is 214 g/mol. The molecule has 16 heavy (non-hydrogen) atoms. The van der Waals surface area contributed by atoms with E-state index in [2.05, 4.69) is 0 Å². The van der Waals surface area contributed by atoms with Crippen molar-refractivity contribution in [1.29, 1.82) is 0 Å². The molecule has 0 bridgehead atoms. The third kappa shape index (κ3) is 2.90. The zero-order chi connectivity index (χ0) is 12.2. The Morgan fingerprint density at radius 1 is 1.38 bits per heavy atom. The van der Waals surface area contributed by atoms with Gasteiger partial charge in [-0.25, -0.2) is 8.78 Å². The van der Waals surface area contributed by atoms with Crippen LogP contribution in [0.15, 0.2) is 0 Å². The lowest BCUT2D eigenvalue weighted by atomic mass is 9.73. The number of carbonyl (C=O) groups excluding carboxylic acids is 1. The van der Waals surface area contributed by atoms with Gasteiger partial charge in [-0.2, -0.15) is 0 Å². The fourth-order valence-electron chi connectivity index (χ4n) is 2.43. The molecule has 0 heterocycles. The summed E-state index contributed by atoms with van der Waals surface area (Å²) in [5, 5.41) is 0. The summed E-state index contributed by atoms with van der Waals surface area (Å²) in [7, 11) is 1.43. The monoisotopic (exact) mass is 234 g/mol. The number of hydrogen-bond donors (Lipinski definition) is 1. The summed E-state index contributed by atoms with van der Waals surface area (Å²) in [5.74, 6) is -0.213. The molecule has 0 spiro atoms. The maximum absolute atomic E-state index is 12.2. The highest BCUT2D eigenvalue weighted by atomic mass is 19.3. The van der Waals surface area contributed by atoms with Crippen molar-refractivity contribution in [3.63, 3.8) is 0 Å². The number of nitrogens with two attached hydrogens (primary N) is 1. The lowest BCUT2D eigenvalue weighted by Crippen LogP contribution is -2.48. The summed E-state index contributed by atoms with van der Waals surface area (Å²) < 4.78 is 24.4. The molecule has 0 aliphatic heterocycles. The predicted octanol–water partition coefficient (Wildman–Crippen LogP) is 1.62. The second-order valence-corrected chi connectivity index (χ2v) is 4.62. The van der Waals surface area contributed by atoms with Crippen molar-refractivity contribution in [3.05, 3.63) is 0 Å². The van der Waals surface area contributed by atoms with Gasteiger partial charge < -0.3 is 10.6 Å². The number of halogens is 2. The molecule has 1 saturated carbocycles. The van der Waals surface area contributed by atoms with Gasteiger partial charge in [0.1, 0.15) is 0 Å². The molecule has 0 saturated heterocycles. The Morgan fingerprint density at radius 2 is 1.94 bits per heavy atom. The fraction of sp³-hybridized carbons (Fsp3) is 0.909. The van der Waals surface area contributed by atoms with Crippen molar-refractivity contribution in [2.45, 2.75) is 38.5 Å². The molecule has 1 fully saturated rings. The van der Waals surface area contributed by atoms with E-state index < -0.39 is 18.4 Å². The van der Waals surface area contributed by atoms with Crippen LogP contribution in [-0.4, -0.2) is 37.4 Å². The van der Waals surface area contributed by atoms with Crippen LogP contribution in [0.5, 0.6) is 0 Å². The van der Waals surface area contributed by atoms with Gasteiger partial charge >= 0.3 is 0 Å². The lowest BCUT2D eigenvalue weighted by molar-refractivity contribution is -0.144. The number of hydrogen-bond acceptors (Lipinski definition) is 2. The van der Waals surface area contributed by atoms with Gasteiger partial charge in [0.05, 0.1) is 12.0 Å². The Bertz CT molecular complexity index is 240. The van der Waals surface area contributed by atoms with Crippen LogP contribution in [0.4, 0.5) is 8.78 Å². The number of alkyl halides is 2. The van der Waals surface area contributed by atoms with Crippen molar-refractivity contribution in [1.82, 2.24) is 4.90 Å². The van der Waals surface area contributed by atoms with Gasteiger partial charge in [0, 0.05) is 13.6 Å². The molecule has 0 radical (unpaired) electrons. The first-order chi connectivity index (χ1) is 7.52. The fourth-order valence-corrected chi connectivity index (χ4v) is 2.43. The number of amides is 1. The number of nitrogens with zero attached hydrogens (tertiary/aromatic N) is 1. The van der Waals surface area contributed by atoms with Crippen LogP contribution in [0.3, 0.4) is 0 Å². The van der Waals surface area contributed by atoms with E-state index in [4.69, 9.17) is 5.73 Å². The molecule has 2 N–H and O–H groups in total. The third-order valence-electron chi connectivity index (χ3n) is 3.41. The molecule has 3 nitrogen and oxygen atoms in total. The highest BCUT2D eigenvalue weighted by molar-refractivity contribution is 5.83.